The Balaban J connectivity index is 2.61. The number of rotatable bonds is 2. The maximum absolute atomic E-state index is 2.49. The van der Waals surface area contributed by atoms with Crippen LogP contribution >= 0.6 is 0 Å². The smallest absolute Gasteiger partial charge is 0.0143 e. The Morgan fingerprint density at radius 1 is 1.50 bits per heavy atom. The molecule has 1 rings (SSSR count). The van der Waals surface area contributed by atoms with Gasteiger partial charge in [-0.3, -0.25) is 0 Å². The first kappa shape index (κ1) is 7.84. The third-order valence-corrected chi connectivity index (χ3v) is 2.83. The Kier molecular flexibility index (Phi) is 2.18. The number of allylic oxidation sites excluding steroid dienone is 2. The van der Waals surface area contributed by atoms with Crippen LogP contribution in [-0.4, -0.2) is 0 Å². The van der Waals surface area contributed by atoms with Crippen LogP contribution < -0.4 is 0 Å². The van der Waals surface area contributed by atoms with Crippen LogP contribution in [0.3, 0.4) is 0 Å². The summed E-state index contributed by atoms with van der Waals surface area (Å²) in [7, 11) is 0. The molecule has 0 aromatic rings. The van der Waals surface area contributed by atoms with Crippen molar-refractivity contribution in [3.8, 4) is 0 Å². The van der Waals surface area contributed by atoms with Gasteiger partial charge in [-0.15, -0.1) is 0 Å². The molecule has 0 unspecified atom stereocenters. The van der Waals surface area contributed by atoms with Crippen molar-refractivity contribution < 1.29 is 0 Å². The molecule has 0 radical (unpaired) electrons. The molecule has 0 saturated heterocycles. The lowest BCUT2D eigenvalue weighted by molar-refractivity contribution is 0.403. The summed E-state index contributed by atoms with van der Waals surface area (Å²) >= 11 is 0. The molecule has 0 aromatic heterocycles. The summed E-state index contributed by atoms with van der Waals surface area (Å²) in [5.74, 6) is 0. The van der Waals surface area contributed by atoms with E-state index in [4.69, 9.17) is 0 Å². The zero-order valence-corrected chi connectivity index (χ0v) is 7.41. The Morgan fingerprint density at radius 3 is 2.50 bits per heavy atom. The van der Waals surface area contributed by atoms with E-state index in [0.29, 0.717) is 5.41 Å². The van der Waals surface area contributed by atoms with Crippen molar-refractivity contribution >= 4 is 0 Å². The molecule has 0 fully saturated rings. The average molecular weight is 138 g/mol. The van der Waals surface area contributed by atoms with Gasteiger partial charge in [-0.05, 0) is 31.1 Å². The van der Waals surface area contributed by atoms with Gasteiger partial charge in [-0.2, -0.15) is 0 Å². The lowest BCUT2D eigenvalue weighted by Gasteiger charge is -2.17. The van der Waals surface area contributed by atoms with Gasteiger partial charge in [-0.25, -0.2) is 0 Å². The highest BCUT2D eigenvalue weighted by Gasteiger charge is 2.24. The lowest BCUT2D eigenvalue weighted by atomic mass is 9.87. The molecular formula is C10H18. The Bertz CT molecular complexity index is 144. The van der Waals surface area contributed by atoms with Gasteiger partial charge < -0.3 is 0 Å². The number of hydrogen-bond donors (Lipinski definition) is 0. The summed E-state index contributed by atoms with van der Waals surface area (Å²) in [5, 5.41) is 0. The first-order chi connectivity index (χ1) is 4.70. The van der Waals surface area contributed by atoms with E-state index < -0.39 is 0 Å². The van der Waals surface area contributed by atoms with Crippen LogP contribution in [0.15, 0.2) is 11.6 Å². The maximum Gasteiger partial charge on any atom is -0.0143 e. The summed E-state index contributed by atoms with van der Waals surface area (Å²) in [6.07, 6.45) is 7.78. The van der Waals surface area contributed by atoms with Crippen molar-refractivity contribution in [1.29, 1.82) is 0 Å². The number of hydrogen-bond acceptors (Lipinski definition) is 0. The van der Waals surface area contributed by atoms with Crippen molar-refractivity contribution in [1.82, 2.24) is 0 Å². The van der Waals surface area contributed by atoms with Crippen molar-refractivity contribution in [3.05, 3.63) is 11.6 Å². The fraction of sp³-hybridized carbons (Fsp3) is 0.800. The molecule has 0 spiro atoms. The molecule has 58 valence electrons. The highest BCUT2D eigenvalue weighted by atomic mass is 14.3. The SMILES string of the molecule is CCC1=C[C@](C)(CC)CC1. The molecule has 0 N–H and O–H groups in total. The second kappa shape index (κ2) is 2.77. The molecule has 1 atom stereocenters. The fourth-order valence-electron chi connectivity index (χ4n) is 1.64. The van der Waals surface area contributed by atoms with Crippen LogP contribution in [0.25, 0.3) is 0 Å². The Hall–Kier alpha value is -0.260. The van der Waals surface area contributed by atoms with Gasteiger partial charge in [0.2, 0.25) is 0 Å². The molecule has 0 saturated carbocycles. The summed E-state index contributed by atoms with van der Waals surface area (Å²) in [4.78, 5) is 0. The summed E-state index contributed by atoms with van der Waals surface area (Å²) < 4.78 is 0. The lowest BCUT2D eigenvalue weighted by Crippen LogP contribution is -2.06. The van der Waals surface area contributed by atoms with E-state index in [1.807, 2.05) is 0 Å². The zero-order valence-electron chi connectivity index (χ0n) is 7.41. The summed E-state index contributed by atoms with van der Waals surface area (Å²) in [6, 6.07) is 0. The predicted octanol–water partition coefficient (Wildman–Crippen LogP) is 3.53. The van der Waals surface area contributed by atoms with Crippen LogP contribution in [0.1, 0.15) is 46.5 Å². The second-order valence-corrected chi connectivity index (χ2v) is 3.66. The van der Waals surface area contributed by atoms with Crippen LogP contribution in [0.5, 0.6) is 0 Å². The molecule has 1 aliphatic carbocycles. The van der Waals surface area contributed by atoms with E-state index in [1.54, 1.807) is 5.57 Å². The van der Waals surface area contributed by atoms with Crippen molar-refractivity contribution in [2.24, 2.45) is 5.41 Å². The van der Waals surface area contributed by atoms with Gasteiger partial charge in [-0.1, -0.05) is 32.4 Å². The first-order valence-corrected chi connectivity index (χ1v) is 4.41. The van der Waals surface area contributed by atoms with Gasteiger partial charge in [0, 0.05) is 0 Å². The molecule has 0 bridgehead atoms. The van der Waals surface area contributed by atoms with E-state index in [0.717, 1.165) is 0 Å². The summed E-state index contributed by atoms with van der Waals surface area (Å²) in [6.45, 7) is 6.91. The summed E-state index contributed by atoms with van der Waals surface area (Å²) in [5.41, 5.74) is 2.22. The molecule has 0 aliphatic heterocycles. The van der Waals surface area contributed by atoms with E-state index in [-0.39, 0.29) is 0 Å². The molecule has 0 heterocycles. The maximum atomic E-state index is 2.49. The third kappa shape index (κ3) is 1.42. The minimum Gasteiger partial charge on any atom is -0.0794 e. The van der Waals surface area contributed by atoms with E-state index in [2.05, 4.69) is 26.8 Å². The monoisotopic (exact) mass is 138 g/mol. The van der Waals surface area contributed by atoms with Crippen LogP contribution in [-0.2, 0) is 0 Å². The second-order valence-electron chi connectivity index (χ2n) is 3.66. The van der Waals surface area contributed by atoms with Gasteiger partial charge in [0.25, 0.3) is 0 Å². The highest BCUT2D eigenvalue weighted by Crippen LogP contribution is 2.39. The quantitative estimate of drug-likeness (QED) is 0.512. The van der Waals surface area contributed by atoms with Crippen molar-refractivity contribution in [2.45, 2.75) is 46.5 Å². The molecule has 0 amide bonds. The van der Waals surface area contributed by atoms with Crippen molar-refractivity contribution in [3.63, 3.8) is 0 Å². The molecule has 0 heteroatoms. The fourth-order valence-corrected chi connectivity index (χ4v) is 1.64. The average Bonchev–Trinajstić information content (AvgIpc) is 2.33. The van der Waals surface area contributed by atoms with Gasteiger partial charge in [0.15, 0.2) is 0 Å². The van der Waals surface area contributed by atoms with Crippen LogP contribution in [0, 0.1) is 5.41 Å². The van der Waals surface area contributed by atoms with Gasteiger partial charge >= 0.3 is 0 Å². The van der Waals surface area contributed by atoms with E-state index in [1.165, 1.54) is 25.7 Å². The largest absolute Gasteiger partial charge is 0.0794 e. The molecular weight excluding hydrogens is 120 g/mol. The Labute approximate surface area is 64.3 Å². The van der Waals surface area contributed by atoms with E-state index >= 15 is 0 Å². The predicted molar refractivity (Wildman–Crippen MR) is 46.0 cm³/mol. The van der Waals surface area contributed by atoms with Gasteiger partial charge in [0.1, 0.15) is 0 Å². The highest BCUT2D eigenvalue weighted by molar-refractivity contribution is 5.15. The molecule has 1 aliphatic rings. The molecule has 10 heavy (non-hydrogen) atoms. The van der Waals surface area contributed by atoms with Crippen LogP contribution in [0.2, 0.25) is 0 Å². The normalized spacial score (nSPS) is 32.5. The first-order valence-electron chi connectivity index (χ1n) is 4.41. The zero-order chi connectivity index (χ0) is 7.61. The Morgan fingerprint density at radius 2 is 2.20 bits per heavy atom. The standard InChI is InChI=1S/C10H18/c1-4-9-6-7-10(3,5-2)8-9/h8H,4-7H2,1-3H3/t10-/m1/s1. The molecule has 0 aromatic carbocycles. The van der Waals surface area contributed by atoms with Crippen LogP contribution in [0.4, 0.5) is 0 Å². The van der Waals surface area contributed by atoms with Gasteiger partial charge in [0.05, 0.1) is 0 Å². The topological polar surface area (TPSA) is 0 Å². The van der Waals surface area contributed by atoms with E-state index in [9.17, 15) is 0 Å². The molecule has 0 nitrogen and oxygen atoms in total. The van der Waals surface area contributed by atoms with Crippen molar-refractivity contribution in [2.75, 3.05) is 0 Å². The minimum absolute atomic E-state index is 0.547. The minimum atomic E-state index is 0.547. The third-order valence-electron chi connectivity index (χ3n) is 2.83.